The van der Waals surface area contributed by atoms with Crippen LogP contribution in [0.5, 0.6) is 0 Å². The zero-order chi connectivity index (χ0) is 33.3. The second-order valence-corrected chi connectivity index (χ2v) is 24.3. The molecule has 3 aromatic carbocycles. The van der Waals surface area contributed by atoms with Crippen molar-refractivity contribution in [2.24, 2.45) is 0 Å². The molecule has 4 nitrogen and oxygen atoms in total. The minimum Gasteiger partial charge on any atom is -0.486 e. The molecule has 245 valence electrons. The molecule has 4 aromatic heterocycles. The molecular weight excluding hydrogens is 827 g/mol. The summed E-state index contributed by atoms with van der Waals surface area (Å²) in [6.45, 7) is 10.7. The first-order valence-corrected chi connectivity index (χ1v) is 23.6. The fraction of sp³-hybridized carbons (Fsp3) is 0.214. The van der Waals surface area contributed by atoms with E-state index < -0.39 is 13.3 Å². The molecule has 6 heteroatoms. The standard InChI is InChI=1S/C27H23N2O.C15H18GeN.Ir/c1-16(2)19-12-13-28-24(15-19)20-8-11-25-22(14-20)21-9-10-23(29-27(21)30-25)26-17(3)6-5-7-18(26)4;1-12-6-5-7-13(10-12)15-9-8-14(11-17-15)16(2,3)4;/h5-7,9-16H,1-4H3;5-6,8-11H,1-4H3;/q2*-1;. The van der Waals surface area contributed by atoms with Gasteiger partial charge in [-0.05, 0) is 54.8 Å². The van der Waals surface area contributed by atoms with E-state index in [1.165, 1.54) is 32.2 Å². The molecule has 0 aliphatic heterocycles. The van der Waals surface area contributed by atoms with Crippen LogP contribution in [0.15, 0.2) is 102 Å². The monoisotopic (exact) mass is 870 g/mol. The fourth-order valence-corrected chi connectivity index (χ4v) is 7.96. The van der Waals surface area contributed by atoms with Gasteiger partial charge in [-0.25, -0.2) is 4.98 Å². The van der Waals surface area contributed by atoms with Crippen LogP contribution in [0.25, 0.3) is 55.8 Å². The maximum atomic E-state index is 6.08. The van der Waals surface area contributed by atoms with Crippen LogP contribution in [0.2, 0.25) is 17.3 Å². The Morgan fingerprint density at radius 2 is 1.46 bits per heavy atom. The Kier molecular flexibility index (Phi) is 10.8. The van der Waals surface area contributed by atoms with E-state index in [9.17, 15) is 0 Å². The molecule has 0 fully saturated rings. The number of rotatable bonds is 5. The van der Waals surface area contributed by atoms with Crippen LogP contribution >= 0.6 is 0 Å². The summed E-state index contributed by atoms with van der Waals surface area (Å²) in [6, 6.07) is 35.8. The Bertz CT molecular complexity index is 2180. The number of fused-ring (bicyclic) bond motifs is 3. The summed E-state index contributed by atoms with van der Waals surface area (Å²) in [7, 11) is 0. The number of benzene rings is 3. The smallest absolute Gasteiger partial charge is 0.216 e. The molecule has 0 aliphatic rings. The molecule has 4 heterocycles. The molecule has 0 bridgehead atoms. The zero-order valence-corrected chi connectivity index (χ0v) is 33.4. The molecular formula is C42H41GeIrN3O-2. The third kappa shape index (κ3) is 7.70. The second kappa shape index (κ2) is 14.7. The van der Waals surface area contributed by atoms with Crippen LogP contribution in [0.3, 0.4) is 0 Å². The van der Waals surface area contributed by atoms with Crippen molar-refractivity contribution >= 4 is 39.7 Å². The summed E-state index contributed by atoms with van der Waals surface area (Å²) < 4.78 is 7.53. The van der Waals surface area contributed by atoms with Crippen LogP contribution < -0.4 is 4.40 Å². The van der Waals surface area contributed by atoms with Crippen LogP contribution in [0.4, 0.5) is 0 Å². The summed E-state index contributed by atoms with van der Waals surface area (Å²) in [4.78, 5) is 14.0. The van der Waals surface area contributed by atoms with Gasteiger partial charge in [-0.3, -0.25) is 0 Å². The molecule has 0 saturated heterocycles. The first-order chi connectivity index (χ1) is 22.5. The minimum absolute atomic E-state index is 0. The van der Waals surface area contributed by atoms with Gasteiger partial charge in [0.1, 0.15) is 0 Å². The van der Waals surface area contributed by atoms with Gasteiger partial charge in [-0.2, -0.15) is 0 Å². The van der Waals surface area contributed by atoms with Crippen LogP contribution in [-0.4, -0.2) is 28.2 Å². The van der Waals surface area contributed by atoms with Crippen LogP contribution in [0, 0.1) is 32.9 Å². The molecule has 7 rings (SSSR count). The van der Waals surface area contributed by atoms with Gasteiger partial charge in [0.05, 0.1) is 11.3 Å². The van der Waals surface area contributed by atoms with E-state index in [1.54, 1.807) is 0 Å². The quantitative estimate of drug-likeness (QED) is 0.128. The number of pyridine rings is 3. The van der Waals surface area contributed by atoms with Gasteiger partial charge in [0.2, 0.25) is 5.71 Å². The SMILES string of the molecule is Cc1cc[c-]c(-c2cc[c]([Ge]([CH3])([CH3])[CH3])cn2)c1.Cc1cccc(C)c1-c1ccc2c(n1)oc1c[c-]c(-c3cc(C(C)C)ccn3)cc12.[Ir]. The fourth-order valence-electron chi connectivity index (χ4n) is 5.78. The van der Waals surface area contributed by atoms with Crippen molar-refractivity contribution in [1.29, 1.82) is 0 Å². The minimum atomic E-state index is -1.73. The van der Waals surface area contributed by atoms with Gasteiger partial charge >= 0.3 is 106 Å². The zero-order valence-electron chi connectivity index (χ0n) is 28.9. The summed E-state index contributed by atoms with van der Waals surface area (Å²) in [5, 5.41) is 2.05. The van der Waals surface area contributed by atoms with E-state index in [2.05, 4.69) is 147 Å². The van der Waals surface area contributed by atoms with Gasteiger partial charge in [-0.1, -0.05) is 49.1 Å². The van der Waals surface area contributed by atoms with Crippen molar-refractivity contribution in [3.63, 3.8) is 0 Å². The number of furan rings is 1. The summed E-state index contributed by atoms with van der Waals surface area (Å²) in [5.41, 5.74) is 12.5. The molecule has 7 aromatic rings. The number of aryl methyl sites for hydroxylation is 3. The first-order valence-electron chi connectivity index (χ1n) is 16.2. The number of aromatic nitrogens is 3. The van der Waals surface area contributed by atoms with Gasteiger partial charge in [0.25, 0.3) is 0 Å². The Morgan fingerprint density at radius 3 is 2.12 bits per heavy atom. The Hall–Kier alpha value is -3.90. The van der Waals surface area contributed by atoms with Gasteiger partial charge < -0.3 is 9.40 Å². The van der Waals surface area contributed by atoms with Crippen molar-refractivity contribution in [3.05, 3.63) is 132 Å². The predicted octanol–water partition coefficient (Wildman–Crippen LogP) is 10.7. The van der Waals surface area contributed by atoms with Crippen molar-refractivity contribution in [2.75, 3.05) is 0 Å². The maximum Gasteiger partial charge on any atom is 0.216 e. The van der Waals surface area contributed by atoms with Gasteiger partial charge in [0, 0.05) is 37.3 Å². The summed E-state index contributed by atoms with van der Waals surface area (Å²) in [6.07, 6.45) is 3.92. The van der Waals surface area contributed by atoms with Crippen LogP contribution in [-0.2, 0) is 20.1 Å². The van der Waals surface area contributed by atoms with Crippen molar-refractivity contribution in [1.82, 2.24) is 15.0 Å². The van der Waals surface area contributed by atoms with E-state index in [4.69, 9.17) is 9.40 Å². The van der Waals surface area contributed by atoms with E-state index >= 15 is 0 Å². The molecule has 0 saturated carbocycles. The first kappa shape index (κ1) is 35.4. The average molecular weight is 869 g/mol. The van der Waals surface area contributed by atoms with E-state index in [-0.39, 0.29) is 20.1 Å². The third-order valence-corrected chi connectivity index (χ3v) is 12.9. The average Bonchev–Trinajstić information content (AvgIpc) is 3.42. The molecule has 0 aliphatic carbocycles. The normalized spacial score (nSPS) is 11.4. The molecule has 0 spiro atoms. The van der Waals surface area contributed by atoms with Crippen molar-refractivity contribution in [3.8, 4) is 33.8 Å². The Morgan fingerprint density at radius 1 is 0.729 bits per heavy atom. The molecule has 0 N–H and O–H groups in total. The van der Waals surface area contributed by atoms with E-state index in [0.29, 0.717) is 11.6 Å². The van der Waals surface area contributed by atoms with Crippen molar-refractivity contribution in [2.45, 2.75) is 57.8 Å². The molecule has 48 heavy (non-hydrogen) atoms. The third-order valence-electron chi connectivity index (χ3n) is 8.60. The molecule has 0 amide bonds. The number of hydrogen-bond acceptors (Lipinski definition) is 4. The van der Waals surface area contributed by atoms with Crippen LogP contribution in [0.1, 0.15) is 42.0 Å². The largest absolute Gasteiger partial charge is 0.486 e. The van der Waals surface area contributed by atoms with E-state index in [0.717, 1.165) is 44.6 Å². The summed E-state index contributed by atoms with van der Waals surface area (Å²) >= 11 is -1.73. The molecule has 0 unspecified atom stereocenters. The number of nitrogens with zero attached hydrogens (tertiary/aromatic N) is 3. The summed E-state index contributed by atoms with van der Waals surface area (Å²) in [5.74, 6) is 7.61. The predicted molar refractivity (Wildman–Crippen MR) is 199 cm³/mol. The van der Waals surface area contributed by atoms with E-state index in [1.807, 2.05) is 24.5 Å². The number of hydrogen-bond donors (Lipinski definition) is 0. The van der Waals surface area contributed by atoms with Gasteiger partial charge in [0.15, 0.2) is 0 Å². The van der Waals surface area contributed by atoms with Gasteiger partial charge in [-0.15, -0.1) is 23.8 Å². The topological polar surface area (TPSA) is 51.8 Å². The Balaban J connectivity index is 0.000000214. The molecule has 0 atom stereocenters. The Labute approximate surface area is 300 Å². The second-order valence-electron chi connectivity index (χ2n) is 13.6. The molecule has 1 radical (unpaired) electrons. The van der Waals surface area contributed by atoms with Crippen molar-refractivity contribution < 1.29 is 24.5 Å². The maximum absolute atomic E-state index is 6.08.